The Kier molecular flexibility index (Phi) is 10.2. The van der Waals surface area contributed by atoms with Crippen molar-refractivity contribution >= 4 is 41.1 Å². The second-order valence-corrected chi connectivity index (χ2v) is 17.9. The molecule has 0 radical (unpaired) electrons. The van der Waals surface area contributed by atoms with Crippen molar-refractivity contribution in [3.05, 3.63) is 98.6 Å². The number of aliphatic hydroxyl groups excluding tert-OH is 1. The molecule has 3 N–H and O–H groups in total. The molecule has 2 atom stereocenters. The smallest absolute Gasteiger partial charge is 0.262 e. The van der Waals surface area contributed by atoms with Gasteiger partial charge in [-0.05, 0) is 78.3 Å². The molecule has 8 rings (SSSR count). The highest BCUT2D eigenvalue weighted by Crippen LogP contribution is 2.56. The van der Waals surface area contributed by atoms with Crippen LogP contribution < -0.4 is 15.4 Å². The van der Waals surface area contributed by atoms with Crippen LogP contribution >= 0.6 is 11.6 Å². The number of piperidine rings is 2. The van der Waals surface area contributed by atoms with E-state index in [9.17, 15) is 34.3 Å². The summed E-state index contributed by atoms with van der Waals surface area (Å²) in [6.45, 7) is 11.7. The summed E-state index contributed by atoms with van der Waals surface area (Å²) in [5, 5.41) is 26.4. The predicted molar refractivity (Wildman–Crippen MR) is 212 cm³/mol. The molecule has 0 aromatic heterocycles. The summed E-state index contributed by atoms with van der Waals surface area (Å²) in [5.74, 6) is -1.09. The molecule has 3 aromatic rings. The Labute approximate surface area is 342 Å². The number of nitriles is 1. The number of hydrogen-bond acceptors (Lipinski definition) is 10. The molecule has 3 aromatic carbocycles. The summed E-state index contributed by atoms with van der Waals surface area (Å²) < 4.78 is 6.38. The maximum atomic E-state index is 13.5. The molecule has 1 saturated carbocycles. The van der Waals surface area contributed by atoms with Gasteiger partial charge in [0.05, 0.1) is 21.7 Å². The SMILES string of the molecule is CC1(C)C(NC(O)c2ccc(C(=O)N3CCC(CN4Cc5cc6c(cc5C4)C(=O)N(C4CCC(=O)NC4=O)C6=O)CC3)cc2)C(C)(C)C1Oc1ccc(C#N)c(Cl)c1. The van der Waals surface area contributed by atoms with Crippen LogP contribution in [0.3, 0.4) is 0 Å². The van der Waals surface area contributed by atoms with Crippen LogP contribution in [0.2, 0.25) is 5.02 Å². The van der Waals surface area contributed by atoms with Gasteiger partial charge in [0, 0.05) is 67.6 Å². The third-order valence-electron chi connectivity index (χ3n) is 12.9. The number of carbonyl (C=O) groups is 5. The topological polar surface area (TPSA) is 172 Å². The Morgan fingerprint density at radius 2 is 1.57 bits per heavy atom. The van der Waals surface area contributed by atoms with E-state index in [1.807, 2.05) is 4.90 Å². The van der Waals surface area contributed by atoms with E-state index < -0.39 is 35.9 Å². The van der Waals surface area contributed by atoms with Crippen LogP contribution in [0.15, 0.2) is 54.6 Å². The fraction of sp³-hybridized carbons (Fsp3) is 0.455. The van der Waals surface area contributed by atoms with Crippen LogP contribution in [0.25, 0.3) is 0 Å². The van der Waals surface area contributed by atoms with Gasteiger partial charge in [-0.3, -0.25) is 44.4 Å². The summed E-state index contributed by atoms with van der Waals surface area (Å²) in [6, 6.07) is 16.7. The Morgan fingerprint density at radius 1 is 0.948 bits per heavy atom. The molecule has 4 heterocycles. The average Bonchev–Trinajstić information content (AvgIpc) is 3.70. The normalized spacial score (nSPS) is 24.5. The van der Waals surface area contributed by atoms with Gasteiger partial charge in [0.2, 0.25) is 11.8 Å². The van der Waals surface area contributed by atoms with Crippen molar-refractivity contribution in [2.24, 2.45) is 16.7 Å². The van der Waals surface area contributed by atoms with Crippen LogP contribution in [-0.2, 0) is 22.7 Å². The molecule has 3 fully saturated rings. The van der Waals surface area contributed by atoms with Gasteiger partial charge in [-0.2, -0.15) is 5.26 Å². The molecule has 2 saturated heterocycles. The molecule has 302 valence electrons. The van der Waals surface area contributed by atoms with E-state index in [1.165, 1.54) is 0 Å². The number of halogens is 1. The first-order valence-electron chi connectivity index (χ1n) is 19.9. The van der Waals surface area contributed by atoms with Gasteiger partial charge < -0.3 is 14.7 Å². The Balaban J connectivity index is 0.815. The maximum Gasteiger partial charge on any atom is 0.262 e. The molecular weight excluding hydrogens is 760 g/mol. The quantitative estimate of drug-likeness (QED) is 0.199. The standard InChI is InChI=1S/C44H47ClN6O7/c1-43(2)41(44(3,4)42(43)58-30-10-9-27(20-46)33(45)19-30)48-36(53)25-5-7-26(8-6-25)38(55)50-15-13-24(14-16-50)21-49-22-28-17-31-32(18-29(28)23-49)40(57)51(39(31)56)34-11-12-35(52)47-37(34)54/h5-10,17-19,24,34,36,41-42,48,53H,11-16,21-23H2,1-4H3,(H,47,52,54). The van der Waals surface area contributed by atoms with Gasteiger partial charge in [-0.15, -0.1) is 0 Å². The zero-order valence-electron chi connectivity index (χ0n) is 33.0. The number of nitrogens with zero attached hydrogens (tertiary/aromatic N) is 4. The third-order valence-corrected chi connectivity index (χ3v) is 13.2. The first-order chi connectivity index (χ1) is 27.6. The third kappa shape index (κ3) is 6.96. The minimum atomic E-state index is -0.985. The summed E-state index contributed by atoms with van der Waals surface area (Å²) in [4.78, 5) is 69.4. The Morgan fingerprint density at radius 3 is 2.14 bits per heavy atom. The summed E-state index contributed by atoms with van der Waals surface area (Å²) in [5.41, 5.74) is 3.50. The first kappa shape index (κ1) is 39.7. The van der Waals surface area contributed by atoms with Crippen LogP contribution in [0, 0.1) is 28.1 Å². The van der Waals surface area contributed by atoms with Crippen LogP contribution in [-0.4, -0.2) is 87.2 Å². The zero-order chi connectivity index (χ0) is 41.3. The molecule has 0 spiro atoms. The van der Waals surface area contributed by atoms with Crippen molar-refractivity contribution in [2.75, 3.05) is 19.6 Å². The van der Waals surface area contributed by atoms with E-state index in [1.54, 1.807) is 54.6 Å². The molecule has 0 bridgehead atoms. The Bertz CT molecular complexity index is 2200. The van der Waals surface area contributed by atoms with E-state index >= 15 is 0 Å². The fourth-order valence-corrected chi connectivity index (χ4v) is 10.4. The number of rotatable bonds is 9. The lowest BCUT2D eigenvalue weighted by atomic mass is 9.49. The minimum Gasteiger partial charge on any atom is -0.489 e. The number of carbonyl (C=O) groups excluding carboxylic acids is 5. The van der Waals surface area contributed by atoms with Crippen molar-refractivity contribution in [1.82, 2.24) is 25.3 Å². The number of aliphatic hydroxyl groups is 1. The summed E-state index contributed by atoms with van der Waals surface area (Å²) in [6.07, 6.45) is 0.759. The molecule has 5 amide bonds. The van der Waals surface area contributed by atoms with E-state index in [0.29, 0.717) is 70.7 Å². The van der Waals surface area contributed by atoms with E-state index in [0.717, 1.165) is 35.4 Å². The minimum absolute atomic E-state index is 0.0413. The number of likely N-dealkylation sites (tertiary alicyclic amines) is 1. The molecule has 1 aliphatic carbocycles. The van der Waals surface area contributed by atoms with Crippen molar-refractivity contribution in [3.63, 3.8) is 0 Å². The van der Waals surface area contributed by atoms with Gasteiger partial charge in [0.1, 0.15) is 30.2 Å². The summed E-state index contributed by atoms with van der Waals surface area (Å²) in [7, 11) is 0. The monoisotopic (exact) mass is 806 g/mol. The second-order valence-electron chi connectivity index (χ2n) is 17.5. The lowest BCUT2D eigenvalue weighted by Gasteiger charge is -2.63. The highest BCUT2D eigenvalue weighted by Gasteiger charge is 2.64. The van der Waals surface area contributed by atoms with Gasteiger partial charge in [0.15, 0.2) is 0 Å². The fourth-order valence-electron chi connectivity index (χ4n) is 10.1. The molecule has 4 aliphatic heterocycles. The first-order valence-corrected chi connectivity index (χ1v) is 20.2. The van der Waals surface area contributed by atoms with Gasteiger partial charge in [0.25, 0.3) is 17.7 Å². The van der Waals surface area contributed by atoms with Crippen molar-refractivity contribution in [3.8, 4) is 11.8 Å². The second kappa shape index (κ2) is 14.9. The van der Waals surface area contributed by atoms with Gasteiger partial charge in [-0.1, -0.05) is 51.4 Å². The highest BCUT2D eigenvalue weighted by molar-refractivity contribution is 6.31. The number of fused-ring (bicyclic) bond motifs is 2. The number of benzene rings is 3. The van der Waals surface area contributed by atoms with E-state index in [4.69, 9.17) is 16.3 Å². The molecule has 5 aliphatic rings. The lowest BCUT2D eigenvalue weighted by molar-refractivity contribution is -0.179. The molecular formula is C44H47ClN6O7. The number of ether oxygens (including phenoxy) is 1. The lowest BCUT2D eigenvalue weighted by Crippen LogP contribution is -2.74. The van der Waals surface area contributed by atoms with Crippen molar-refractivity contribution in [2.45, 2.75) is 90.9 Å². The number of amides is 5. The van der Waals surface area contributed by atoms with Crippen LogP contribution in [0.5, 0.6) is 5.75 Å². The molecule has 13 nitrogen and oxygen atoms in total. The Hall–Kier alpha value is -5.13. The molecule has 14 heteroatoms. The zero-order valence-corrected chi connectivity index (χ0v) is 33.8. The van der Waals surface area contributed by atoms with E-state index in [2.05, 4.69) is 49.3 Å². The number of imide groups is 2. The van der Waals surface area contributed by atoms with Gasteiger partial charge >= 0.3 is 0 Å². The van der Waals surface area contributed by atoms with Crippen LogP contribution in [0.4, 0.5) is 0 Å². The maximum absolute atomic E-state index is 13.5. The van der Waals surface area contributed by atoms with Crippen molar-refractivity contribution < 1.29 is 33.8 Å². The van der Waals surface area contributed by atoms with E-state index in [-0.39, 0.29) is 41.7 Å². The largest absolute Gasteiger partial charge is 0.489 e. The number of hydrogen-bond donors (Lipinski definition) is 3. The summed E-state index contributed by atoms with van der Waals surface area (Å²) >= 11 is 6.24. The van der Waals surface area contributed by atoms with Crippen LogP contribution in [0.1, 0.15) is 113 Å². The molecule has 58 heavy (non-hydrogen) atoms. The van der Waals surface area contributed by atoms with Crippen molar-refractivity contribution in [1.29, 1.82) is 5.26 Å². The number of nitrogens with one attached hydrogen (secondary N) is 2. The average molecular weight is 807 g/mol. The predicted octanol–water partition coefficient (Wildman–Crippen LogP) is 4.94. The van der Waals surface area contributed by atoms with Gasteiger partial charge in [-0.25, -0.2) is 0 Å². The highest BCUT2D eigenvalue weighted by atomic mass is 35.5. The molecule has 2 unspecified atom stereocenters.